The summed E-state index contributed by atoms with van der Waals surface area (Å²) in [6.07, 6.45) is 0.822. The molecule has 0 aliphatic carbocycles. The average Bonchev–Trinajstić information content (AvgIpc) is 3.23. The van der Waals surface area contributed by atoms with Gasteiger partial charge < -0.3 is 9.84 Å². The molecule has 0 amide bonds. The zero-order valence-corrected chi connectivity index (χ0v) is 18.5. The van der Waals surface area contributed by atoms with Gasteiger partial charge >= 0.3 is 11.9 Å². The summed E-state index contributed by atoms with van der Waals surface area (Å²) in [6, 6.07) is 10.7. The van der Waals surface area contributed by atoms with Crippen molar-refractivity contribution < 1.29 is 24.2 Å². The number of carbonyl (C=O) groups is 3. The molecule has 1 N–H and O–H groups in total. The number of hydrogen-bond donors (Lipinski definition) is 1. The van der Waals surface area contributed by atoms with Crippen LogP contribution in [0.4, 0.5) is 0 Å². The van der Waals surface area contributed by atoms with E-state index in [-0.39, 0.29) is 5.97 Å². The van der Waals surface area contributed by atoms with Crippen LogP contribution in [0.2, 0.25) is 0 Å². The highest BCUT2D eigenvalue weighted by Gasteiger charge is 2.15. The minimum atomic E-state index is -0.862. The number of aryl methyl sites for hydroxylation is 2. The van der Waals surface area contributed by atoms with E-state index in [4.69, 9.17) is 9.84 Å². The number of carboxylic acid groups (broad SMARTS) is 1. The standard InChI is InChI=1S/C14H12O3S.C6H5BrO2S/c1-9-12(14(16)17-2)7-13(18-9)11-6-4-3-5-10(11)8-15;1-3-4(6(8)9)2-5(7)10-3/h3-8H,1-2H3;2H,1H3,(H,8,9). The van der Waals surface area contributed by atoms with Crippen LogP contribution in [0.3, 0.4) is 0 Å². The number of carboxylic acids is 1. The first-order valence-corrected chi connectivity index (χ1v) is 10.4. The second-order valence-corrected chi connectivity index (χ2v) is 9.49. The van der Waals surface area contributed by atoms with Crippen molar-refractivity contribution in [3.05, 3.63) is 66.6 Å². The molecule has 0 atom stereocenters. The third kappa shape index (κ3) is 5.15. The van der Waals surface area contributed by atoms with E-state index in [9.17, 15) is 14.4 Å². The van der Waals surface area contributed by atoms with E-state index in [1.807, 2.05) is 25.1 Å². The SMILES string of the molecule is COC(=O)c1cc(-c2ccccc2C=O)sc1C.Cc1sc(Br)cc1C(=O)O. The first-order valence-electron chi connectivity index (χ1n) is 8.01. The Kier molecular flexibility index (Phi) is 7.68. The van der Waals surface area contributed by atoms with Gasteiger partial charge in [-0.25, -0.2) is 9.59 Å². The molecule has 0 aliphatic heterocycles. The summed E-state index contributed by atoms with van der Waals surface area (Å²) < 4.78 is 5.58. The monoisotopic (exact) mass is 480 g/mol. The minimum absolute atomic E-state index is 0.349. The van der Waals surface area contributed by atoms with Gasteiger partial charge in [-0.15, -0.1) is 22.7 Å². The molecule has 0 fully saturated rings. The van der Waals surface area contributed by atoms with Crippen molar-refractivity contribution in [2.24, 2.45) is 0 Å². The van der Waals surface area contributed by atoms with Crippen molar-refractivity contribution in [2.45, 2.75) is 13.8 Å². The molecule has 2 aromatic heterocycles. The lowest BCUT2D eigenvalue weighted by Gasteiger charge is -2.00. The fourth-order valence-electron chi connectivity index (χ4n) is 2.41. The number of benzene rings is 1. The third-order valence-corrected chi connectivity index (χ3v) is 6.43. The number of esters is 1. The normalized spacial score (nSPS) is 10.0. The average molecular weight is 481 g/mol. The van der Waals surface area contributed by atoms with Gasteiger partial charge in [0.2, 0.25) is 0 Å². The molecule has 3 aromatic rings. The molecule has 2 heterocycles. The fourth-order valence-corrected chi connectivity index (χ4v) is 5.15. The zero-order chi connectivity index (χ0) is 20.8. The summed E-state index contributed by atoms with van der Waals surface area (Å²) in [5.74, 6) is -1.21. The van der Waals surface area contributed by atoms with Crippen molar-refractivity contribution in [1.29, 1.82) is 0 Å². The predicted octanol–water partition coefficient (Wildman–Crippen LogP) is 5.84. The Hall–Kier alpha value is -2.29. The molecule has 146 valence electrons. The molecule has 0 bridgehead atoms. The first kappa shape index (κ1) is 22.0. The molecule has 8 heteroatoms. The summed E-state index contributed by atoms with van der Waals surface area (Å²) in [4.78, 5) is 35.6. The fraction of sp³-hybridized carbons (Fsp3) is 0.150. The predicted molar refractivity (Wildman–Crippen MR) is 115 cm³/mol. The van der Waals surface area contributed by atoms with Crippen molar-refractivity contribution in [2.75, 3.05) is 7.11 Å². The Bertz CT molecular complexity index is 1020. The van der Waals surface area contributed by atoms with Crippen LogP contribution in [-0.4, -0.2) is 30.4 Å². The van der Waals surface area contributed by atoms with E-state index in [0.29, 0.717) is 16.7 Å². The molecule has 0 unspecified atom stereocenters. The lowest BCUT2D eigenvalue weighted by Crippen LogP contribution is -2.00. The second-order valence-electron chi connectivity index (χ2n) is 5.60. The van der Waals surface area contributed by atoms with Gasteiger partial charge in [-0.1, -0.05) is 24.3 Å². The molecule has 0 aliphatic rings. The number of aldehydes is 1. The Labute approximate surface area is 178 Å². The molecule has 1 aromatic carbocycles. The van der Waals surface area contributed by atoms with Gasteiger partial charge in [0.15, 0.2) is 6.29 Å². The summed E-state index contributed by atoms with van der Waals surface area (Å²) in [6.45, 7) is 3.66. The van der Waals surface area contributed by atoms with E-state index in [0.717, 1.165) is 30.3 Å². The van der Waals surface area contributed by atoms with Gasteiger partial charge in [0.25, 0.3) is 0 Å². The number of aromatic carboxylic acids is 1. The lowest BCUT2D eigenvalue weighted by atomic mass is 10.1. The highest BCUT2D eigenvalue weighted by atomic mass is 79.9. The maximum atomic E-state index is 11.5. The maximum absolute atomic E-state index is 11.5. The van der Waals surface area contributed by atoms with Crippen LogP contribution in [0.1, 0.15) is 40.8 Å². The number of rotatable bonds is 4. The molecule has 3 rings (SSSR count). The van der Waals surface area contributed by atoms with Crippen LogP contribution in [0.15, 0.2) is 40.2 Å². The molecule has 5 nitrogen and oxygen atoms in total. The van der Waals surface area contributed by atoms with Crippen molar-refractivity contribution >= 4 is 56.8 Å². The van der Waals surface area contributed by atoms with Crippen LogP contribution in [-0.2, 0) is 4.74 Å². The Morgan fingerprint density at radius 1 is 1.07 bits per heavy atom. The summed E-state index contributed by atoms with van der Waals surface area (Å²) in [5, 5.41) is 8.56. The Balaban J connectivity index is 0.000000237. The van der Waals surface area contributed by atoms with Crippen LogP contribution in [0.5, 0.6) is 0 Å². The quantitative estimate of drug-likeness (QED) is 0.374. The smallest absolute Gasteiger partial charge is 0.338 e. The molecular formula is C20H17BrO5S2. The van der Waals surface area contributed by atoms with E-state index in [1.165, 1.54) is 29.8 Å². The zero-order valence-electron chi connectivity index (χ0n) is 15.3. The number of ether oxygens (including phenoxy) is 1. The highest BCUT2D eigenvalue weighted by molar-refractivity contribution is 9.11. The number of methoxy groups -OCH3 is 1. The maximum Gasteiger partial charge on any atom is 0.338 e. The van der Waals surface area contributed by atoms with Gasteiger partial charge in [0, 0.05) is 25.8 Å². The molecule has 0 spiro atoms. The molecule has 0 radical (unpaired) electrons. The van der Waals surface area contributed by atoms with Gasteiger partial charge in [-0.3, -0.25) is 4.79 Å². The van der Waals surface area contributed by atoms with Gasteiger partial charge in [-0.2, -0.15) is 0 Å². The lowest BCUT2D eigenvalue weighted by molar-refractivity contribution is 0.0599. The summed E-state index contributed by atoms with van der Waals surface area (Å²) in [7, 11) is 1.36. The molecular weight excluding hydrogens is 464 g/mol. The van der Waals surface area contributed by atoms with Gasteiger partial charge in [0.1, 0.15) is 0 Å². The minimum Gasteiger partial charge on any atom is -0.478 e. The van der Waals surface area contributed by atoms with Gasteiger partial charge in [-0.05, 0) is 41.9 Å². The number of halogens is 1. The van der Waals surface area contributed by atoms with E-state index < -0.39 is 5.97 Å². The van der Waals surface area contributed by atoms with Crippen molar-refractivity contribution in [3.8, 4) is 10.4 Å². The van der Waals surface area contributed by atoms with Crippen molar-refractivity contribution in [3.63, 3.8) is 0 Å². The topological polar surface area (TPSA) is 80.7 Å². The summed E-state index contributed by atoms with van der Waals surface area (Å²) >= 11 is 6.12. The number of carbonyl (C=O) groups excluding carboxylic acids is 2. The highest BCUT2D eigenvalue weighted by Crippen LogP contribution is 2.33. The molecule has 0 saturated heterocycles. The summed E-state index contributed by atoms with van der Waals surface area (Å²) in [5.41, 5.74) is 2.40. The van der Waals surface area contributed by atoms with Crippen LogP contribution >= 0.6 is 38.6 Å². The molecule has 0 saturated carbocycles. The molecule has 28 heavy (non-hydrogen) atoms. The Morgan fingerprint density at radius 3 is 2.21 bits per heavy atom. The van der Waals surface area contributed by atoms with E-state index in [2.05, 4.69) is 15.9 Å². The van der Waals surface area contributed by atoms with Gasteiger partial charge in [0.05, 0.1) is 22.0 Å². The van der Waals surface area contributed by atoms with Crippen LogP contribution in [0, 0.1) is 13.8 Å². The van der Waals surface area contributed by atoms with Crippen molar-refractivity contribution in [1.82, 2.24) is 0 Å². The number of thiophene rings is 2. The third-order valence-electron chi connectivity index (χ3n) is 3.79. The van der Waals surface area contributed by atoms with E-state index >= 15 is 0 Å². The first-order chi connectivity index (χ1) is 13.3. The Morgan fingerprint density at radius 2 is 1.71 bits per heavy atom. The largest absolute Gasteiger partial charge is 0.478 e. The van der Waals surface area contributed by atoms with Crippen LogP contribution < -0.4 is 0 Å². The number of hydrogen-bond acceptors (Lipinski definition) is 6. The van der Waals surface area contributed by atoms with E-state index in [1.54, 1.807) is 25.1 Å². The second kappa shape index (κ2) is 9.77. The van der Waals surface area contributed by atoms with Crippen LogP contribution in [0.25, 0.3) is 10.4 Å².